The molecular formula is C16H16O2. The molecule has 1 aliphatic carbocycles. The van der Waals surface area contributed by atoms with Crippen LogP contribution in [-0.2, 0) is 16.0 Å². The van der Waals surface area contributed by atoms with Crippen LogP contribution in [0.5, 0.6) is 0 Å². The molecule has 0 saturated heterocycles. The van der Waals surface area contributed by atoms with E-state index in [1.54, 1.807) is 12.2 Å². The molecule has 1 aliphatic rings. The van der Waals surface area contributed by atoms with Crippen LogP contribution >= 0.6 is 0 Å². The topological polar surface area (TPSA) is 34.1 Å². The first-order valence-electron chi connectivity index (χ1n) is 6.29. The second-order valence-electron chi connectivity index (χ2n) is 4.39. The molecule has 0 heterocycles. The Morgan fingerprint density at radius 1 is 1.11 bits per heavy atom. The third-order valence-electron chi connectivity index (χ3n) is 3.09. The molecule has 92 valence electrons. The average molecular weight is 240 g/mol. The summed E-state index contributed by atoms with van der Waals surface area (Å²) in [5, 5.41) is 0. The maximum atomic E-state index is 11.9. The lowest BCUT2D eigenvalue weighted by Gasteiger charge is -2.12. The van der Waals surface area contributed by atoms with Gasteiger partial charge in [0.2, 0.25) is 11.6 Å². The largest absolute Gasteiger partial charge is 0.286 e. The van der Waals surface area contributed by atoms with Crippen LogP contribution in [0, 0.1) is 0 Å². The molecule has 0 saturated carbocycles. The average Bonchev–Trinajstić information content (AvgIpc) is 2.40. The standard InChI is InChI=1S/C16H16O2/c1-2-3-7-12-8-4-5-9-13(12)14-10-6-11-15(17)16(14)18/h4-6,8-11H,2-3,7H2,1H3. The molecule has 2 heteroatoms. The minimum atomic E-state index is -0.433. The van der Waals surface area contributed by atoms with Crippen molar-refractivity contribution in [2.75, 3.05) is 0 Å². The van der Waals surface area contributed by atoms with Crippen LogP contribution in [0.1, 0.15) is 30.9 Å². The Kier molecular flexibility index (Phi) is 3.88. The van der Waals surface area contributed by atoms with Crippen molar-refractivity contribution in [3.05, 3.63) is 53.6 Å². The van der Waals surface area contributed by atoms with Crippen molar-refractivity contribution in [3.8, 4) is 0 Å². The first kappa shape index (κ1) is 12.5. The maximum absolute atomic E-state index is 11.9. The molecule has 1 aromatic carbocycles. The van der Waals surface area contributed by atoms with Gasteiger partial charge in [-0.2, -0.15) is 0 Å². The van der Waals surface area contributed by atoms with Crippen molar-refractivity contribution >= 4 is 17.1 Å². The van der Waals surface area contributed by atoms with Crippen LogP contribution in [0.4, 0.5) is 0 Å². The van der Waals surface area contributed by atoms with Crippen molar-refractivity contribution in [1.29, 1.82) is 0 Å². The van der Waals surface area contributed by atoms with Gasteiger partial charge < -0.3 is 0 Å². The van der Waals surface area contributed by atoms with E-state index in [9.17, 15) is 9.59 Å². The molecule has 2 nitrogen and oxygen atoms in total. The predicted octanol–water partition coefficient (Wildman–Crippen LogP) is 3.12. The van der Waals surface area contributed by atoms with Crippen LogP contribution in [0.25, 0.3) is 5.57 Å². The van der Waals surface area contributed by atoms with Crippen LogP contribution in [-0.4, -0.2) is 11.6 Å². The lowest BCUT2D eigenvalue weighted by atomic mass is 9.90. The Balaban J connectivity index is 2.38. The van der Waals surface area contributed by atoms with Crippen molar-refractivity contribution in [2.45, 2.75) is 26.2 Å². The Hall–Kier alpha value is -1.96. The van der Waals surface area contributed by atoms with E-state index in [0.717, 1.165) is 30.4 Å². The molecule has 0 radical (unpaired) electrons. The molecule has 0 spiro atoms. The predicted molar refractivity (Wildman–Crippen MR) is 72.2 cm³/mol. The third-order valence-corrected chi connectivity index (χ3v) is 3.09. The van der Waals surface area contributed by atoms with E-state index in [1.807, 2.05) is 24.3 Å². The van der Waals surface area contributed by atoms with Crippen molar-refractivity contribution in [3.63, 3.8) is 0 Å². The Bertz CT molecular complexity index is 536. The summed E-state index contributed by atoms with van der Waals surface area (Å²) in [5.74, 6) is -0.834. The summed E-state index contributed by atoms with van der Waals surface area (Å²) in [6.07, 6.45) is 7.84. The van der Waals surface area contributed by atoms with Gasteiger partial charge in [-0.3, -0.25) is 9.59 Å². The fourth-order valence-electron chi connectivity index (χ4n) is 2.10. The summed E-state index contributed by atoms with van der Waals surface area (Å²) < 4.78 is 0. The second-order valence-corrected chi connectivity index (χ2v) is 4.39. The molecule has 0 atom stereocenters. The van der Waals surface area contributed by atoms with Crippen molar-refractivity contribution in [2.24, 2.45) is 0 Å². The van der Waals surface area contributed by atoms with Crippen LogP contribution in [0.15, 0.2) is 42.5 Å². The number of carbonyl (C=O) groups is 2. The smallest absolute Gasteiger partial charge is 0.233 e. The van der Waals surface area contributed by atoms with Gasteiger partial charge in [-0.15, -0.1) is 0 Å². The number of hydrogen-bond donors (Lipinski definition) is 0. The molecule has 0 amide bonds. The van der Waals surface area contributed by atoms with Gasteiger partial charge >= 0.3 is 0 Å². The Morgan fingerprint density at radius 3 is 2.67 bits per heavy atom. The first-order chi connectivity index (χ1) is 8.74. The van der Waals surface area contributed by atoms with Gasteiger partial charge in [-0.05, 0) is 30.0 Å². The lowest BCUT2D eigenvalue weighted by Crippen LogP contribution is -2.16. The van der Waals surface area contributed by atoms with Gasteiger partial charge in [-0.25, -0.2) is 0 Å². The maximum Gasteiger partial charge on any atom is 0.233 e. The summed E-state index contributed by atoms with van der Waals surface area (Å²) >= 11 is 0. The fourth-order valence-corrected chi connectivity index (χ4v) is 2.10. The molecule has 0 aliphatic heterocycles. The zero-order chi connectivity index (χ0) is 13.0. The number of unbranched alkanes of at least 4 members (excludes halogenated alkanes) is 1. The molecular weight excluding hydrogens is 224 g/mol. The summed E-state index contributed by atoms with van der Waals surface area (Å²) in [7, 11) is 0. The fraction of sp³-hybridized carbons (Fsp3) is 0.250. The highest BCUT2D eigenvalue weighted by Crippen LogP contribution is 2.24. The van der Waals surface area contributed by atoms with E-state index in [2.05, 4.69) is 6.92 Å². The number of aryl methyl sites for hydroxylation is 1. The van der Waals surface area contributed by atoms with Gasteiger partial charge in [0.15, 0.2) is 0 Å². The number of allylic oxidation sites excluding steroid dienone is 4. The molecule has 0 aromatic heterocycles. The highest BCUT2D eigenvalue weighted by Gasteiger charge is 2.21. The van der Waals surface area contributed by atoms with E-state index < -0.39 is 11.6 Å². The molecule has 0 fully saturated rings. The van der Waals surface area contributed by atoms with Crippen molar-refractivity contribution in [1.82, 2.24) is 0 Å². The number of hydrogen-bond acceptors (Lipinski definition) is 2. The summed E-state index contributed by atoms with van der Waals surface area (Å²) in [4.78, 5) is 23.3. The Labute approximate surface area is 107 Å². The van der Waals surface area contributed by atoms with Gasteiger partial charge in [-0.1, -0.05) is 49.8 Å². The highest BCUT2D eigenvalue weighted by molar-refractivity contribution is 6.57. The van der Waals surface area contributed by atoms with E-state index >= 15 is 0 Å². The minimum absolute atomic E-state index is 0.401. The zero-order valence-corrected chi connectivity index (χ0v) is 10.5. The van der Waals surface area contributed by atoms with Gasteiger partial charge in [0.05, 0.1) is 0 Å². The number of benzene rings is 1. The number of rotatable bonds is 4. The number of Topliss-reactive ketones (excluding diaryl/α,β-unsaturated/α-hetero) is 1. The highest BCUT2D eigenvalue weighted by atomic mass is 16.2. The number of carbonyl (C=O) groups excluding carboxylic acids is 2. The molecule has 18 heavy (non-hydrogen) atoms. The van der Waals surface area contributed by atoms with E-state index in [4.69, 9.17) is 0 Å². The Morgan fingerprint density at radius 2 is 1.89 bits per heavy atom. The second kappa shape index (κ2) is 5.58. The SMILES string of the molecule is CCCCc1ccccc1C1=CC=CC(=O)C1=O. The van der Waals surface area contributed by atoms with Gasteiger partial charge in [0.1, 0.15) is 0 Å². The lowest BCUT2D eigenvalue weighted by molar-refractivity contribution is -0.130. The molecule has 0 bridgehead atoms. The summed E-state index contributed by atoms with van der Waals surface area (Å²) in [6.45, 7) is 2.14. The molecule has 2 rings (SSSR count). The number of ketones is 2. The van der Waals surface area contributed by atoms with Gasteiger partial charge in [0, 0.05) is 5.57 Å². The normalized spacial score (nSPS) is 14.8. The molecule has 0 unspecified atom stereocenters. The van der Waals surface area contributed by atoms with Crippen molar-refractivity contribution < 1.29 is 9.59 Å². The van der Waals surface area contributed by atoms with Gasteiger partial charge in [0.25, 0.3) is 0 Å². The quantitative estimate of drug-likeness (QED) is 0.598. The van der Waals surface area contributed by atoms with Crippen LogP contribution in [0.2, 0.25) is 0 Å². The van der Waals surface area contributed by atoms with E-state index in [1.165, 1.54) is 6.08 Å². The third kappa shape index (κ3) is 2.48. The summed E-state index contributed by atoms with van der Waals surface area (Å²) in [6, 6.07) is 7.82. The molecule has 0 N–H and O–H groups in total. The van der Waals surface area contributed by atoms with E-state index in [0.29, 0.717) is 5.57 Å². The van der Waals surface area contributed by atoms with Crippen LogP contribution in [0.3, 0.4) is 0 Å². The summed E-state index contributed by atoms with van der Waals surface area (Å²) in [5.41, 5.74) is 2.56. The van der Waals surface area contributed by atoms with E-state index in [-0.39, 0.29) is 0 Å². The minimum Gasteiger partial charge on any atom is -0.286 e. The monoisotopic (exact) mass is 240 g/mol. The first-order valence-corrected chi connectivity index (χ1v) is 6.29. The molecule has 1 aromatic rings. The zero-order valence-electron chi connectivity index (χ0n) is 10.5. The van der Waals surface area contributed by atoms with Crippen LogP contribution < -0.4 is 0 Å².